The maximum atomic E-state index is 12.5. The zero-order valence-electron chi connectivity index (χ0n) is 11.2. The van der Waals surface area contributed by atoms with Crippen molar-refractivity contribution >= 4 is 50.2 Å². The summed E-state index contributed by atoms with van der Waals surface area (Å²) in [6.45, 7) is 3.25. The minimum Gasteiger partial charge on any atom is -0.312 e. The standard InChI is InChI=1S/C13H14Cl2N2O2S2/c1-2-16-8-12-13(3-4-20-12)21(18,19)17-11-6-9(14)5-10(15)7-11/h3-7,16-17H,2,8H2,1H3. The molecule has 0 unspecified atom stereocenters. The van der Waals surface area contributed by atoms with Gasteiger partial charge in [0.2, 0.25) is 0 Å². The van der Waals surface area contributed by atoms with E-state index in [2.05, 4.69) is 10.0 Å². The van der Waals surface area contributed by atoms with E-state index in [0.717, 1.165) is 11.4 Å². The molecule has 0 aliphatic rings. The second kappa shape index (κ2) is 6.98. The molecule has 2 N–H and O–H groups in total. The van der Waals surface area contributed by atoms with E-state index < -0.39 is 10.0 Å². The molecule has 0 aliphatic heterocycles. The summed E-state index contributed by atoms with van der Waals surface area (Å²) in [6, 6.07) is 6.16. The normalized spacial score (nSPS) is 11.6. The quantitative estimate of drug-likeness (QED) is 0.815. The highest BCUT2D eigenvalue weighted by molar-refractivity contribution is 7.93. The van der Waals surface area contributed by atoms with Crippen molar-refractivity contribution in [3.05, 3.63) is 44.6 Å². The molecule has 1 aromatic carbocycles. The molecule has 21 heavy (non-hydrogen) atoms. The topological polar surface area (TPSA) is 58.2 Å². The molecule has 0 aliphatic carbocycles. The van der Waals surface area contributed by atoms with Crippen LogP contribution in [0.2, 0.25) is 10.0 Å². The minimum atomic E-state index is -3.66. The number of thiophene rings is 1. The van der Waals surface area contributed by atoms with Crippen LogP contribution in [0.1, 0.15) is 11.8 Å². The Bertz CT molecular complexity index is 709. The SMILES string of the molecule is CCNCc1sccc1S(=O)(=O)Nc1cc(Cl)cc(Cl)c1. The molecule has 0 amide bonds. The van der Waals surface area contributed by atoms with Crippen LogP contribution >= 0.6 is 34.5 Å². The van der Waals surface area contributed by atoms with Gasteiger partial charge in [0.1, 0.15) is 4.90 Å². The molecular weight excluding hydrogens is 351 g/mol. The lowest BCUT2D eigenvalue weighted by atomic mass is 10.3. The molecule has 0 saturated heterocycles. The van der Waals surface area contributed by atoms with Gasteiger partial charge in [-0.15, -0.1) is 11.3 Å². The van der Waals surface area contributed by atoms with Crippen molar-refractivity contribution in [3.8, 4) is 0 Å². The van der Waals surface area contributed by atoms with E-state index in [-0.39, 0.29) is 4.90 Å². The molecule has 114 valence electrons. The summed E-state index contributed by atoms with van der Waals surface area (Å²) in [6.07, 6.45) is 0. The Kier molecular flexibility index (Phi) is 5.51. The van der Waals surface area contributed by atoms with Gasteiger partial charge in [-0.1, -0.05) is 30.1 Å². The molecule has 2 rings (SSSR count). The van der Waals surface area contributed by atoms with E-state index in [1.165, 1.54) is 23.5 Å². The Morgan fingerprint density at radius 1 is 1.19 bits per heavy atom. The van der Waals surface area contributed by atoms with E-state index in [1.54, 1.807) is 17.5 Å². The van der Waals surface area contributed by atoms with Gasteiger partial charge in [0, 0.05) is 21.5 Å². The van der Waals surface area contributed by atoms with Gasteiger partial charge in [-0.2, -0.15) is 0 Å². The van der Waals surface area contributed by atoms with E-state index in [9.17, 15) is 8.42 Å². The van der Waals surface area contributed by atoms with Crippen molar-refractivity contribution < 1.29 is 8.42 Å². The molecular formula is C13H14Cl2N2O2S2. The third-order valence-corrected chi connectivity index (χ3v) is 5.60. The molecule has 8 heteroatoms. The van der Waals surface area contributed by atoms with Gasteiger partial charge in [-0.05, 0) is 36.2 Å². The number of rotatable bonds is 6. The fourth-order valence-corrected chi connectivity index (χ4v) is 4.74. The second-order valence-corrected chi connectivity index (χ2v) is 7.78. The monoisotopic (exact) mass is 364 g/mol. The lowest BCUT2D eigenvalue weighted by Crippen LogP contribution is -2.17. The third kappa shape index (κ3) is 4.34. The van der Waals surface area contributed by atoms with Gasteiger partial charge < -0.3 is 5.32 Å². The first-order valence-corrected chi connectivity index (χ1v) is 9.30. The number of anilines is 1. The van der Waals surface area contributed by atoms with Crippen LogP contribution < -0.4 is 10.0 Å². The van der Waals surface area contributed by atoms with Gasteiger partial charge in [-0.25, -0.2) is 8.42 Å². The number of benzene rings is 1. The maximum Gasteiger partial charge on any atom is 0.263 e. The summed E-state index contributed by atoms with van der Waals surface area (Å²) in [7, 11) is -3.66. The zero-order chi connectivity index (χ0) is 15.5. The number of hydrogen-bond acceptors (Lipinski definition) is 4. The molecule has 0 spiro atoms. The van der Waals surface area contributed by atoms with Crippen LogP contribution in [0.3, 0.4) is 0 Å². The van der Waals surface area contributed by atoms with Crippen molar-refractivity contribution in [1.29, 1.82) is 0 Å². The number of halogens is 2. The summed E-state index contributed by atoms with van der Waals surface area (Å²) < 4.78 is 27.4. The smallest absolute Gasteiger partial charge is 0.263 e. The Labute approximate surface area is 138 Å². The van der Waals surface area contributed by atoms with Crippen molar-refractivity contribution in [3.63, 3.8) is 0 Å². The minimum absolute atomic E-state index is 0.268. The second-order valence-electron chi connectivity index (χ2n) is 4.25. The summed E-state index contributed by atoms with van der Waals surface area (Å²) >= 11 is 13.2. The zero-order valence-corrected chi connectivity index (χ0v) is 14.3. The molecule has 4 nitrogen and oxygen atoms in total. The van der Waals surface area contributed by atoms with E-state index in [4.69, 9.17) is 23.2 Å². The molecule has 0 atom stereocenters. The van der Waals surface area contributed by atoms with Gasteiger partial charge in [0.05, 0.1) is 5.69 Å². The molecule has 0 bridgehead atoms. The fourth-order valence-electron chi connectivity index (χ4n) is 1.76. The molecule has 1 aromatic heterocycles. The van der Waals surface area contributed by atoms with Crippen molar-refractivity contribution in [2.24, 2.45) is 0 Å². The maximum absolute atomic E-state index is 12.5. The lowest BCUT2D eigenvalue weighted by Gasteiger charge is -2.10. The highest BCUT2D eigenvalue weighted by atomic mass is 35.5. The van der Waals surface area contributed by atoms with E-state index in [1.807, 2.05) is 6.92 Å². The molecule has 0 radical (unpaired) electrons. The van der Waals surface area contributed by atoms with Gasteiger partial charge in [-0.3, -0.25) is 4.72 Å². The largest absolute Gasteiger partial charge is 0.312 e. The average Bonchev–Trinajstić information content (AvgIpc) is 2.83. The highest BCUT2D eigenvalue weighted by Gasteiger charge is 2.20. The lowest BCUT2D eigenvalue weighted by molar-refractivity contribution is 0.599. The van der Waals surface area contributed by atoms with Gasteiger partial charge >= 0.3 is 0 Å². The van der Waals surface area contributed by atoms with Gasteiger partial charge in [0.25, 0.3) is 10.0 Å². The summed E-state index contributed by atoms with van der Waals surface area (Å²) in [5, 5.41) is 5.62. The first kappa shape index (κ1) is 16.6. The predicted octanol–water partition coefficient (Wildman–Crippen LogP) is 3.97. The Hall–Kier alpha value is -0.790. The summed E-state index contributed by atoms with van der Waals surface area (Å²) in [4.78, 5) is 1.03. The van der Waals surface area contributed by atoms with Crippen LogP contribution in [0.15, 0.2) is 34.5 Å². The Morgan fingerprint density at radius 3 is 2.48 bits per heavy atom. The van der Waals surface area contributed by atoms with Crippen LogP contribution in [0.4, 0.5) is 5.69 Å². The Balaban J connectivity index is 2.28. The van der Waals surface area contributed by atoms with Crippen LogP contribution in [-0.2, 0) is 16.6 Å². The van der Waals surface area contributed by atoms with E-state index in [0.29, 0.717) is 22.3 Å². The van der Waals surface area contributed by atoms with Gasteiger partial charge in [0.15, 0.2) is 0 Å². The van der Waals surface area contributed by atoms with Crippen molar-refractivity contribution in [2.45, 2.75) is 18.4 Å². The van der Waals surface area contributed by atoms with Crippen molar-refractivity contribution in [1.82, 2.24) is 5.32 Å². The average molecular weight is 365 g/mol. The van der Waals surface area contributed by atoms with Crippen LogP contribution in [0.5, 0.6) is 0 Å². The van der Waals surface area contributed by atoms with Crippen LogP contribution in [-0.4, -0.2) is 15.0 Å². The predicted molar refractivity (Wildman–Crippen MR) is 89.0 cm³/mol. The van der Waals surface area contributed by atoms with Crippen LogP contribution in [0.25, 0.3) is 0 Å². The number of hydrogen-bond donors (Lipinski definition) is 2. The van der Waals surface area contributed by atoms with Crippen molar-refractivity contribution in [2.75, 3.05) is 11.3 Å². The molecule has 2 aromatic rings. The highest BCUT2D eigenvalue weighted by Crippen LogP contribution is 2.27. The number of sulfonamides is 1. The first-order chi connectivity index (χ1) is 9.92. The van der Waals surface area contributed by atoms with E-state index >= 15 is 0 Å². The molecule has 1 heterocycles. The summed E-state index contributed by atoms with van der Waals surface area (Å²) in [5.41, 5.74) is 0.341. The number of nitrogens with one attached hydrogen (secondary N) is 2. The molecule has 0 saturated carbocycles. The third-order valence-electron chi connectivity index (χ3n) is 2.64. The first-order valence-electron chi connectivity index (χ1n) is 6.18. The Morgan fingerprint density at radius 2 is 1.86 bits per heavy atom. The van der Waals surface area contributed by atoms with Crippen LogP contribution in [0, 0.1) is 0 Å². The summed E-state index contributed by atoms with van der Waals surface area (Å²) in [5.74, 6) is 0. The molecule has 0 fully saturated rings. The fraction of sp³-hybridized carbons (Fsp3) is 0.231.